The van der Waals surface area contributed by atoms with Crippen molar-refractivity contribution in [3.05, 3.63) is 166 Å². The smallest absolute Gasteiger partial charge is 0.269 e. The highest BCUT2D eigenvalue weighted by molar-refractivity contribution is 6.03. The summed E-state index contributed by atoms with van der Waals surface area (Å²) in [5.74, 6) is -1.24. The summed E-state index contributed by atoms with van der Waals surface area (Å²) in [6.45, 7) is 4.08. The number of rotatable bonds is 24. The molecule has 370 valence electrons. The minimum Gasteiger partial charge on any atom is -0.459 e. The second-order valence-corrected chi connectivity index (χ2v) is 18.1. The number of hydrogen-bond acceptors (Lipinski definition) is 13. The summed E-state index contributed by atoms with van der Waals surface area (Å²) in [4.78, 5) is 34.1. The van der Waals surface area contributed by atoms with Gasteiger partial charge in [0.2, 0.25) is 5.79 Å². The summed E-state index contributed by atoms with van der Waals surface area (Å²) >= 11 is 0. The third kappa shape index (κ3) is 11.3. The van der Waals surface area contributed by atoms with Crippen molar-refractivity contribution in [2.24, 2.45) is 22.9 Å². The van der Waals surface area contributed by atoms with Crippen LogP contribution in [0, 0.1) is 39.2 Å². The zero-order chi connectivity index (χ0) is 49.7. The first-order chi connectivity index (χ1) is 34.7. The van der Waals surface area contributed by atoms with Gasteiger partial charge in [-0.1, -0.05) is 60.5 Å². The number of oxime groups is 1. The molecule has 2 aliphatic carbocycles. The van der Waals surface area contributed by atoms with Crippen LogP contribution in [-0.2, 0) is 20.9 Å². The highest BCUT2D eigenvalue weighted by Crippen LogP contribution is 2.62. The van der Waals surface area contributed by atoms with E-state index < -0.39 is 22.7 Å². The molecule has 1 saturated carbocycles. The number of nitro benzene ring substituents is 1. The zero-order valence-corrected chi connectivity index (χ0v) is 39.6. The van der Waals surface area contributed by atoms with Crippen molar-refractivity contribution in [1.82, 2.24) is 4.90 Å². The van der Waals surface area contributed by atoms with Crippen LogP contribution in [-0.4, -0.2) is 94.8 Å². The Bertz CT molecular complexity index is 2750. The number of unbranched alkanes of at least 4 members (excludes halogenated alkanes) is 2. The summed E-state index contributed by atoms with van der Waals surface area (Å²) < 4.78 is 27.1. The molecule has 0 bridgehead atoms. The number of benzene rings is 5. The van der Waals surface area contributed by atoms with Crippen LogP contribution >= 0.6 is 0 Å². The van der Waals surface area contributed by atoms with Crippen LogP contribution in [0.5, 0.6) is 17.2 Å². The lowest BCUT2D eigenvalue weighted by atomic mass is 9.55. The Morgan fingerprint density at radius 2 is 1.63 bits per heavy atom. The highest BCUT2D eigenvalue weighted by Gasteiger charge is 2.65. The van der Waals surface area contributed by atoms with E-state index in [9.17, 15) is 30.7 Å². The van der Waals surface area contributed by atoms with Crippen LogP contribution in [0.25, 0.3) is 10.8 Å². The molecule has 71 heavy (non-hydrogen) atoms. The Morgan fingerprint density at radius 1 is 0.901 bits per heavy atom. The molecule has 15 heteroatoms. The van der Waals surface area contributed by atoms with Gasteiger partial charge in [-0.05, 0) is 126 Å². The monoisotopic (exact) mass is 964 g/mol. The number of aliphatic hydroxyl groups excluding tert-OH is 3. The average Bonchev–Trinajstić information content (AvgIpc) is 3.39. The number of non-ortho nitro benzene ring substituents is 1. The number of ether oxygens (including phenoxy) is 4. The lowest BCUT2D eigenvalue weighted by molar-refractivity contribution is -0.384. The summed E-state index contributed by atoms with van der Waals surface area (Å²) in [5, 5.41) is 57.9. The molecule has 0 radical (unpaired) electrons. The van der Waals surface area contributed by atoms with E-state index in [1.165, 1.54) is 12.1 Å². The highest BCUT2D eigenvalue weighted by atomic mass is 16.7. The van der Waals surface area contributed by atoms with Gasteiger partial charge in [-0.15, -0.1) is 6.58 Å². The summed E-state index contributed by atoms with van der Waals surface area (Å²) in [5.41, 5.74) is 3.56. The van der Waals surface area contributed by atoms with Crippen molar-refractivity contribution in [3.8, 4) is 23.3 Å². The van der Waals surface area contributed by atoms with Crippen LogP contribution in [0.15, 0.2) is 139 Å². The maximum Gasteiger partial charge on any atom is 0.269 e. The van der Waals surface area contributed by atoms with Crippen LogP contribution in [0.1, 0.15) is 77.9 Å². The Kier molecular flexibility index (Phi) is 16.9. The van der Waals surface area contributed by atoms with Crippen molar-refractivity contribution in [3.63, 3.8) is 0 Å². The molecule has 0 aromatic heterocycles. The van der Waals surface area contributed by atoms with E-state index in [0.717, 1.165) is 47.6 Å². The molecule has 3 N–H and O–H groups in total. The van der Waals surface area contributed by atoms with Crippen LogP contribution in [0.4, 0.5) is 5.69 Å². The largest absolute Gasteiger partial charge is 0.459 e. The molecule has 1 fully saturated rings. The van der Waals surface area contributed by atoms with Crippen molar-refractivity contribution in [2.45, 2.75) is 69.3 Å². The van der Waals surface area contributed by atoms with Gasteiger partial charge in [-0.25, -0.2) is 0 Å². The molecule has 3 aliphatic rings. The van der Waals surface area contributed by atoms with Crippen molar-refractivity contribution >= 4 is 28.1 Å². The van der Waals surface area contributed by atoms with Crippen molar-refractivity contribution < 1.29 is 48.8 Å². The minimum atomic E-state index is -1.58. The summed E-state index contributed by atoms with van der Waals surface area (Å²) in [6.07, 6.45) is 8.12. The first-order valence-electron chi connectivity index (χ1n) is 24.3. The SMILES string of the molecule is C=CCO[C@@]12Oc3ccc(Oc4ccc5ccccc5c4)cc3[C@H]3[C@H](CCCCO)[C@@H](CCCCO)C=C(C(=NOCc4ccc([N+](=O)[O-])cc4)C[C@@H]1N(CCOCCO)C(=O)c1ccc(C#N)cc1)[C@H]32. The molecule has 0 spiro atoms. The predicted molar refractivity (Wildman–Crippen MR) is 267 cm³/mol. The molecule has 15 nitrogen and oxygen atoms in total. The first-order valence-corrected chi connectivity index (χ1v) is 24.3. The molecule has 1 aliphatic heterocycles. The summed E-state index contributed by atoms with van der Waals surface area (Å²) in [6, 6.07) is 33.5. The van der Waals surface area contributed by atoms with Gasteiger partial charge >= 0.3 is 0 Å². The second-order valence-electron chi connectivity index (χ2n) is 18.1. The number of fused-ring (bicyclic) bond motifs is 3. The van der Waals surface area contributed by atoms with E-state index >= 15 is 4.79 Å². The van der Waals surface area contributed by atoms with Gasteiger partial charge in [-0.3, -0.25) is 14.9 Å². The molecule has 0 saturated heterocycles. The lowest BCUT2D eigenvalue weighted by Gasteiger charge is -2.60. The normalized spacial score (nSPS) is 21.5. The number of allylic oxidation sites excluding steroid dienone is 1. The fraction of sp³-hybridized carbons (Fsp3) is 0.375. The van der Waals surface area contributed by atoms with Crippen molar-refractivity contribution in [2.75, 3.05) is 46.2 Å². The first kappa shape index (κ1) is 50.5. The van der Waals surface area contributed by atoms with Crippen LogP contribution in [0.2, 0.25) is 0 Å². The molecule has 6 atom stereocenters. The standard InChI is InChI=1S/C56H60N4O11/c1-2-29-68-56-52(59(25-30-67-31-28-63)55(64)41-17-13-38(36-57)14-18-41)35-50(58-69-37-39-15-20-44(21-16-39)60(65)66)48-33-43(11-5-7-26-61)47(12-6-8-27-62)53(54(48)56)49-34-46(23-24-51(49)71-56)70-45-22-19-40-9-3-4-10-42(40)32-45/h2-4,9-10,13-24,32-34,43,47,52-54,61-63H,1,5-8,11-12,25-31,35,37H2/t43-,47+,52-,53+,54+,56+/m0/s1. The second kappa shape index (κ2) is 23.8. The number of hydrogen-bond donors (Lipinski definition) is 3. The van der Waals surface area contributed by atoms with Gasteiger partial charge in [0.25, 0.3) is 11.6 Å². The Morgan fingerprint density at radius 3 is 2.35 bits per heavy atom. The topological polar surface area (TPSA) is 206 Å². The third-order valence-corrected chi connectivity index (χ3v) is 13.8. The number of aliphatic hydroxyl groups is 3. The van der Waals surface area contributed by atoms with E-state index in [2.05, 4.69) is 24.8 Å². The molecule has 5 aromatic carbocycles. The van der Waals surface area contributed by atoms with Crippen LogP contribution in [0.3, 0.4) is 0 Å². The molecule has 8 rings (SSSR count). The predicted octanol–water partition coefficient (Wildman–Crippen LogP) is 9.40. The van der Waals surface area contributed by atoms with Crippen LogP contribution < -0.4 is 9.47 Å². The lowest BCUT2D eigenvalue weighted by Crippen LogP contribution is -2.70. The number of amides is 1. The third-order valence-electron chi connectivity index (χ3n) is 13.8. The Balaban J connectivity index is 1.32. The molecular formula is C56H60N4O11. The summed E-state index contributed by atoms with van der Waals surface area (Å²) in [7, 11) is 0. The van der Waals surface area contributed by atoms with Gasteiger partial charge in [0.05, 0.1) is 54.6 Å². The van der Waals surface area contributed by atoms with E-state index in [-0.39, 0.29) is 88.6 Å². The fourth-order valence-corrected chi connectivity index (χ4v) is 10.6. The quantitative estimate of drug-likeness (QED) is 0.0229. The number of carbonyl (C=O) groups is 1. The Hall–Kier alpha value is -6.93. The zero-order valence-electron chi connectivity index (χ0n) is 39.6. The van der Waals surface area contributed by atoms with Crippen molar-refractivity contribution in [1.29, 1.82) is 5.26 Å². The fourth-order valence-electron chi connectivity index (χ4n) is 10.6. The minimum absolute atomic E-state index is 0.00690. The number of carbonyl (C=O) groups excluding carboxylic acids is 1. The van der Waals surface area contributed by atoms with E-state index in [0.29, 0.717) is 52.5 Å². The van der Waals surface area contributed by atoms with E-state index in [1.54, 1.807) is 47.4 Å². The van der Waals surface area contributed by atoms with Gasteiger partial charge in [0.15, 0.2) is 0 Å². The average molecular weight is 965 g/mol. The number of nitro groups is 1. The molecule has 0 unspecified atom stereocenters. The molecular weight excluding hydrogens is 905 g/mol. The van der Waals surface area contributed by atoms with Gasteiger partial charge in [0, 0.05) is 55.4 Å². The van der Waals surface area contributed by atoms with Gasteiger partial charge < -0.3 is 44.0 Å². The van der Waals surface area contributed by atoms with E-state index in [4.69, 9.17) is 28.9 Å². The maximum absolute atomic E-state index is 15.2. The van der Waals surface area contributed by atoms with Gasteiger partial charge in [-0.2, -0.15) is 5.26 Å². The molecule has 1 amide bonds. The number of nitrogens with zero attached hydrogens (tertiary/aromatic N) is 4. The number of nitriles is 1. The molecule has 1 heterocycles. The van der Waals surface area contributed by atoms with E-state index in [1.807, 2.05) is 54.6 Å². The Labute approximate surface area is 413 Å². The molecule has 5 aromatic rings. The van der Waals surface area contributed by atoms with Gasteiger partial charge in [0.1, 0.15) is 29.9 Å². The maximum atomic E-state index is 15.2.